The SMILES string of the molecule is [2H]c1c([2H])c(C(=O)Cc2cc3cc(-c4cncn4C)ncc3cn2)c([2H])c([2H])c1C. The number of nitrogens with zero attached hydrogens (tertiary/aromatic N) is 4. The standard InChI is InChI=1S/C21H18N4O/c1-14-3-5-15(6-4-14)21(26)9-18-7-16-8-19(20-12-22-13-25(20)2)24-11-17(16)10-23-18/h3-8,10-13H,9H2,1-2H3/i3D,4D,5D,6D. The van der Waals surface area contributed by atoms with E-state index in [1.165, 1.54) is 6.92 Å². The Balaban J connectivity index is 1.71. The molecule has 0 N–H and O–H groups in total. The van der Waals surface area contributed by atoms with E-state index in [2.05, 4.69) is 15.0 Å². The smallest absolute Gasteiger partial charge is 0.168 e. The van der Waals surface area contributed by atoms with E-state index < -0.39 is 5.78 Å². The molecule has 5 nitrogen and oxygen atoms in total. The average Bonchev–Trinajstić information content (AvgIpc) is 3.16. The third-order valence-electron chi connectivity index (χ3n) is 4.11. The molecule has 0 fully saturated rings. The molecule has 0 atom stereocenters. The number of Topliss-reactive ketones (excluding diaryl/α,β-unsaturated/α-hetero) is 1. The van der Waals surface area contributed by atoms with Crippen molar-refractivity contribution < 1.29 is 10.3 Å². The van der Waals surface area contributed by atoms with Crippen molar-refractivity contribution in [1.82, 2.24) is 19.5 Å². The fourth-order valence-electron chi connectivity index (χ4n) is 2.69. The number of aromatic nitrogens is 4. The van der Waals surface area contributed by atoms with Gasteiger partial charge in [-0.05, 0) is 24.4 Å². The molecule has 0 spiro atoms. The molecular weight excluding hydrogens is 324 g/mol. The van der Waals surface area contributed by atoms with Crippen LogP contribution in [0.25, 0.3) is 22.2 Å². The van der Waals surface area contributed by atoms with Crippen LogP contribution >= 0.6 is 0 Å². The van der Waals surface area contributed by atoms with Gasteiger partial charge in [0, 0.05) is 36.1 Å². The summed E-state index contributed by atoms with van der Waals surface area (Å²) in [7, 11) is 1.88. The minimum atomic E-state index is -0.500. The van der Waals surface area contributed by atoms with Crippen molar-refractivity contribution in [2.24, 2.45) is 7.05 Å². The molecule has 3 aromatic heterocycles. The summed E-state index contributed by atoms with van der Waals surface area (Å²) in [5.41, 5.74) is 2.09. The molecule has 128 valence electrons. The Morgan fingerprint density at radius 1 is 1.08 bits per heavy atom. The summed E-state index contributed by atoms with van der Waals surface area (Å²) in [6, 6.07) is 2.64. The molecule has 0 aliphatic heterocycles. The topological polar surface area (TPSA) is 60.7 Å². The lowest BCUT2D eigenvalue weighted by atomic mass is 10.0. The first-order valence-corrected chi connectivity index (χ1v) is 8.09. The van der Waals surface area contributed by atoms with Gasteiger partial charge in [0.2, 0.25) is 0 Å². The number of hydrogen-bond acceptors (Lipinski definition) is 4. The first-order valence-electron chi connectivity index (χ1n) is 10.1. The molecular formula is C21H18N4O. The van der Waals surface area contributed by atoms with Crippen LogP contribution in [0.15, 0.2) is 61.2 Å². The molecule has 0 unspecified atom stereocenters. The van der Waals surface area contributed by atoms with Crippen LogP contribution < -0.4 is 0 Å². The zero-order valence-corrected chi connectivity index (χ0v) is 14.4. The van der Waals surface area contributed by atoms with Crippen LogP contribution in [0.2, 0.25) is 0 Å². The highest BCUT2D eigenvalue weighted by Crippen LogP contribution is 2.22. The van der Waals surface area contributed by atoms with Gasteiger partial charge in [0.1, 0.15) is 0 Å². The molecule has 0 saturated carbocycles. The summed E-state index contributed by atoms with van der Waals surface area (Å²) in [5.74, 6) is -0.500. The highest BCUT2D eigenvalue weighted by Gasteiger charge is 2.10. The van der Waals surface area contributed by atoms with Crippen molar-refractivity contribution in [2.45, 2.75) is 13.3 Å². The number of aryl methyl sites for hydroxylation is 1. The molecule has 0 aliphatic rings. The van der Waals surface area contributed by atoms with Gasteiger partial charge in [0.05, 0.1) is 35.8 Å². The number of rotatable bonds is 4. The van der Waals surface area contributed by atoms with Gasteiger partial charge in [-0.15, -0.1) is 0 Å². The lowest BCUT2D eigenvalue weighted by molar-refractivity contribution is 0.0992. The zero-order chi connectivity index (χ0) is 21.6. The normalized spacial score (nSPS) is 13.2. The van der Waals surface area contributed by atoms with E-state index in [4.69, 9.17) is 5.48 Å². The molecule has 4 aromatic rings. The fraction of sp³-hybridized carbons (Fsp3) is 0.143. The number of ketones is 1. The second kappa shape index (κ2) is 6.52. The van der Waals surface area contributed by atoms with Crippen molar-refractivity contribution in [3.05, 3.63) is 78.0 Å². The number of fused-ring (bicyclic) bond motifs is 1. The van der Waals surface area contributed by atoms with Gasteiger partial charge >= 0.3 is 0 Å². The quantitative estimate of drug-likeness (QED) is 0.528. The lowest BCUT2D eigenvalue weighted by Crippen LogP contribution is -2.05. The third kappa shape index (κ3) is 3.11. The van der Waals surface area contributed by atoms with Gasteiger partial charge in [-0.2, -0.15) is 0 Å². The minimum Gasteiger partial charge on any atom is -0.332 e. The van der Waals surface area contributed by atoms with E-state index in [1.54, 1.807) is 31.0 Å². The Morgan fingerprint density at radius 3 is 2.58 bits per heavy atom. The predicted octanol–water partition coefficient (Wildman–Crippen LogP) is 3.76. The third-order valence-corrected chi connectivity index (χ3v) is 4.11. The molecule has 0 aliphatic carbocycles. The molecule has 0 saturated heterocycles. The predicted molar refractivity (Wildman–Crippen MR) is 101 cm³/mol. The molecule has 5 heteroatoms. The van der Waals surface area contributed by atoms with Crippen LogP contribution in [0.1, 0.15) is 27.1 Å². The summed E-state index contributed by atoms with van der Waals surface area (Å²) >= 11 is 0. The summed E-state index contributed by atoms with van der Waals surface area (Å²) in [4.78, 5) is 25.7. The van der Waals surface area contributed by atoms with Gasteiger partial charge in [0.15, 0.2) is 5.78 Å². The number of carbonyl (C=O) groups excluding carboxylic acids is 1. The van der Waals surface area contributed by atoms with Crippen molar-refractivity contribution in [2.75, 3.05) is 0 Å². The Bertz CT molecular complexity index is 1290. The Hall–Kier alpha value is -3.34. The highest BCUT2D eigenvalue weighted by atomic mass is 16.1. The maximum absolute atomic E-state index is 12.8. The van der Waals surface area contributed by atoms with Crippen LogP contribution in [0.4, 0.5) is 0 Å². The van der Waals surface area contributed by atoms with E-state index >= 15 is 0 Å². The Labute approximate surface area is 157 Å². The summed E-state index contributed by atoms with van der Waals surface area (Å²) in [6.07, 6.45) is 6.62. The molecule has 0 amide bonds. The van der Waals surface area contributed by atoms with Gasteiger partial charge < -0.3 is 4.57 Å². The highest BCUT2D eigenvalue weighted by molar-refractivity contribution is 5.97. The number of benzene rings is 1. The van der Waals surface area contributed by atoms with Crippen LogP contribution in [-0.4, -0.2) is 25.3 Å². The molecule has 3 heterocycles. The van der Waals surface area contributed by atoms with E-state index in [9.17, 15) is 4.79 Å². The Morgan fingerprint density at radius 2 is 1.85 bits per heavy atom. The van der Waals surface area contributed by atoms with Gasteiger partial charge in [-0.25, -0.2) is 4.98 Å². The summed E-state index contributed by atoms with van der Waals surface area (Å²) < 4.78 is 33.9. The zero-order valence-electron chi connectivity index (χ0n) is 18.4. The van der Waals surface area contributed by atoms with Crippen LogP contribution in [0.3, 0.4) is 0 Å². The monoisotopic (exact) mass is 346 g/mol. The average molecular weight is 346 g/mol. The maximum Gasteiger partial charge on any atom is 0.168 e. The van der Waals surface area contributed by atoms with Gasteiger partial charge in [0.25, 0.3) is 0 Å². The minimum absolute atomic E-state index is 0.126. The molecule has 26 heavy (non-hydrogen) atoms. The number of pyridine rings is 2. The Kier molecular flexibility index (Phi) is 3.03. The molecule has 0 bridgehead atoms. The summed E-state index contributed by atoms with van der Waals surface area (Å²) in [5, 5.41) is 1.67. The second-order valence-corrected chi connectivity index (χ2v) is 6.08. The number of imidazole rings is 1. The van der Waals surface area contributed by atoms with E-state index in [-0.39, 0.29) is 41.7 Å². The van der Waals surface area contributed by atoms with Crippen molar-refractivity contribution in [3.63, 3.8) is 0 Å². The molecule has 0 radical (unpaired) electrons. The fourth-order valence-corrected chi connectivity index (χ4v) is 2.69. The van der Waals surface area contributed by atoms with Crippen LogP contribution in [0.5, 0.6) is 0 Å². The summed E-state index contributed by atoms with van der Waals surface area (Å²) in [6.45, 7) is 1.51. The first-order chi connectivity index (χ1) is 14.3. The van der Waals surface area contributed by atoms with Crippen LogP contribution in [0, 0.1) is 6.92 Å². The van der Waals surface area contributed by atoms with E-state index in [0.717, 1.165) is 22.2 Å². The number of carbonyl (C=O) groups is 1. The van der Waals surface area contributed by atoms with E-state index in [1.807, 2.05) is 17.7 Å². The number of hydrogen-bond donors (Lipinski definition) is 0. The molecule has 4 rings (SSSR count). The first kappa shape index (κ1) is 12.1. The van der Waals surface area contributed by atoms with Gasteiger partial charge in [-0.1, -0.05) is 29.7 Å². The van der Waals surface area contributed by atoms with Crippen molar-refractivity contribution in [3.8, 4) is 11.4 Å². The van der Waals surface area contributed by atoms with Gasteiger partial charge in [-0.3, -0.25) is 14.8 Å². The second-order valence-electron chi connectivity index (χ2n) is 6.08. The van der Waals surface area contributed by atoms with Crippen molar-refractivity contribution in [1.29, 1.82) is 0 Å². The van der Waals surface area contributed by atoms with Crippen LogP contribution in [-0.2, 0) is 13.5 Å². The van der Waals surface area contributed by atoms with Crippen molar-refractivity contribution >= 4 is 16.6 Å². The van der Waals surface area contributed by atoms with E-state index in [0.29, 0.717) is 5.69 Å². The largest absolute Gasteiger partial charge is 0.332 e. The maximum atomic E-state index is 12.8. The molecule has 1 aromatic carbocycles. The lowest BCUT2D eigenvalue weighted by Gasteiger charge is -2.06.